The molecule has 0 heterocycles. The number of benzene rings is 2. The molecular formula is C20H23N3O2. The Hall–Kier alpha value is -2.84. The first-order chi connectivity index (χ1) is 12.0. The Kier molecular flexibility index (Phi) is 6.55. The molecule has 130 valence electrons. The van der Waals surface area contributed by atoms with Gasteiger partial charge in [-0.25, -0.2) is 0 Å². The Morgan fingerprint density at radius 3 is 2.40 bits per heavy atom. The van der Waals surface area contributed by atoms with Gasteiger partial charge in [0.05, 0.1) is 18.2 Å². The van der Waals surface area contributed by atoms with Crippen molar-refractivity contribution in [3.63, 3.8) is 0 Å². The second-order valence-electron chi connectivity index (χ2n) is 6.04. The molecule has 0 saturated carbocycles. The monoisotopic (exact) mass is 337 g/mol. The number of hydrogen-bond acceptors (Lipinski definition) is 4. The van der Waals surface area contributed by atoms with Crippen molar-refractivity contribution in [3.05, 3.63) is 59.2 Å². The van der Waals surface area contributed by atoms with Gasteiger partial charge in [0.15, 0.2) is 0 Å². The molecule has 0 aliphatic heterocycles. The lowest BCUT2D eigenvalue weighted by atomic mass is 10.1. The Morgan fingerprint density at radius 1 is 1.16 bits per heavy atom. The van der Waals surface area contributed by atoms with Gasteiger partial charge in [0.25, 0.3) is 0 Å². The molecule has 0 bridgehead atoms. The first-order valence-electron chi connectivity index (χ1n) is 8.17. The largest absolute Gasteiger partial charge is 0.492 e. The van der Waals surface area contributed by atoms with Gasteiger partial charge in [-0.3, -0.25) is 9.69 Å². The molecule has 2 aromatic rings. The molecule has 5 nitrogen and oxygen atoms in total. The third-order valence-electron chi connectivity index (χ3n) is 3.88. The summed E-state index contributed by atoms with van der Waals surface area (Å²) >= 11 is 0. The quantitative estimate of drug-likeness (QED) is 0.843. The number of likely N-dealkylation sites (N-methyl/N-ethyl adjacent to an activating group) is 1. The van der Waals surface area contributed by atoms with Crippen LogP contribution in [0.4, 0.5) is 5.69 Å². The summed E-state index contributed by atoms with van der Waals surface area (Å²) in [7, 11) is 1.88. The van der Waals surface area contributed by atoms with Crippen molar-refractivity contribution in [2.75, 3.05) is 32.1 Å². The number of amides is 1. The zero-order chi connectivity index (χ0) is 18.2. The first kappa shape index (κ1) is 18.5. The van der Waals surface area contributed by atoms with E-state index in [9.17, 15) is 4.79 Å². The lowest BCUT2D eigenvalue weighted by molar-refractivity contribution is -0.117. The molecule has 0 fully saturated rings. The average molecular weight is 337 g/mol. The Labute approximate surface area is 148 Å². The normalized spacial score (nSPS) is 10.4. The number of para-hydroxylation sites is 1. The van der Waals surface area contributed by atoms with Crippen LogP contribution in [0.15, 0.2) is 42.5 Å². The standard InChI is InChI=1S/C20H23N3O2/c1-15-5-4-6-16(2)20(15)22-19(24)14-23(3)11-12-25-18-9-7-17(13-21)8-10-18/h4-10H,11-12,14H2,1-3H3,(H,22,24). The summed E-state index contributed by atoms with van der Waals surface area (Å²) in [5, 5.41) is 11.7. The molecule has 1 amide bonds. The van der Waals surface area contributed by atoms with Crippen LogP contribution in [-0.4, -0.2) is 37.6 Å². The molecule has 2 aromatic carbocycles. The summed E-state index contributed by atoms with van der Waals surface area (Å²) in [6.45, 7) is 5.36. The number of nitriles is 1. The van der Waals surface area contributed by atoms with Crippen LogP contribution in [-0.2, 0) is 4.79 Å². The predicted octanol–water partition coefficient (Wildman–Crippen LogP) is 3.12. The van der Waals surface area contributed by atoms with Gasteiger partial charge >= 0.3 is 0 Å². The van der Waals surface area contributed by atoms with E-state index in [1.165, 1.54) is 0 Å². The van der Waals surface area contributed by atoms with Crippen molar-refractivity contribution in [2.24, 2.45) is 0 Å². The van der Waals surface area contributed by atoms with E-state index in [4.69, 9.17) is 10.00 Å². The highest BCUT2D eigenvalue weighted by Crippen LogP contribution is 2.19. The zero-order valence-corrected chi connectivity index (χ0v) is 14.9. The molecule has 0 atom stereocenters. The average Bonchev–Trinajstić information content (AvgIpc) is 2.59. The second kappa shape index (κ2) is 8.86. The number of nitrogens with one attached hydrogen (secondary N) is 1. The van der Waals surface area contributed by atoms with E-state index >= 15 is 0 Å². The fourth-order valence-electron chi connectivity index (χ4n) is 2.46. The molecule has 0 spiro atoms. The fraction of sp³-hybridized carbons (Fsp3) is 0.300. The van der Waals surface area contributed by atoms with Crippen LogP contribution in [0, 0.1) is 25.2 Å². The van der Waals surface area contributed by atoms with Crippen molar-refractivity contribution in [2.45, 2.75) is 13.8 Å². The van der Waals surface area contributed by atoms with Crippen LogP contribution in [0.5, 0.6) is 5.75 Å². The van der Waals surface area contributed by atoms with Gasteiger partial charge in [-0.2, -0.15) is 5.26 Å². The first-order valence-corrected chi connectivity index (χ1v) is 8.17. The summed E-state index contributed by atoms with van der Waals surface area (Å²) in [5.74, 6) is 0.672. The van der Waals surface area contributed by atoms with Gasteiger partial charge in [0.2, 0.25) is 5.91 Å². The molecule has 5 heteroatoms. The van der Waals surface area contributed by atoms with E-state index in [1.54, 1.807) is 24.3 Å². The van der Waals surface area contributed by atoms with Gasteiger partial charge in [0, 0.05) is 12.2 Å². The minimum Gasteiger partial charge on any atom is -0.492 e. The molecule has 25 heavy (non-hydrogen) atoms. The van der Waals surface area contributed by atoms with E-state index < -0.39 is 0 Å². The molecule has 0 aliphatic rings. The topological polar surface area (TPSA) is 65.4 Å². The van der Waals surface area contributed by atoms with Gasteiger partial charge < -0.3 is 10.1 Å². The summed E-state index contributed by atoms with van der Waals surface area (Å²) in [5.41, 5.74) is 3.60. The summed E-state index contributed by atoms with van der Waals surface area (Å²) in [4.78, 5) is 14.1. The summed E-state index contributed by atoms with van der Waals surface area (Å²) in [6.07, 6.45) is 0. The number of hydrogen-bond donors (Lipinski definition) is 1. The second-order valence-corrected chi connectivity index (χ2v) is 6.04. The van der Waals surface area contributed by atoms with Crippen LogP contribution in [0.25, 0.3) is 0 Å². The number of carbonyl (C=O) groups excluding carboxylic acids is 1. The van der Waals surface area contributed by atoms with E-state index in [0.29, 0.717) is 31.0 Å². The minimum absolute atomic E-state index is 0.0433. The van der Waals surface area contributed by atoms with Gasteiger partial charge in [-0.05, 0) is 56.3 Å². The highest BCUT2D eigenvalue weighted by atomic mass is 16.5. The maximum Gasteiger partial charge on any atom is 0.238 e. The fourth-order valence-corrected chi connectivity index (χ4v) is 2.46. The molecule has 0 aromatic heterocycles. The molecule has 0 radical (unpaired) electrons. The van der Waals surface area contributed by atoms with Crippen LogP contribution in [0.3, 0.4) is 0 Å². The van der Waals surface area contributed by atoms with Crippen LogP contribution >= 0.6 is 0 Å². The number of aryl methyl sites for hydroxylation is 2. The summed E-state index contributed by atoms with van der Waals surface area (Å²) < 4.78 is 5.63. The van der Waals surface area contributed by atoms with Crippen LogP contribution < -0.4 is 10.1 Å². The Balaban J connectivity index is 1.76. The van der Waals surface area contributed by atoms with Crippen molar-refractivity contribution in [1.82, 2.24) is 4.90 Å². The predicted molar refractivity (Wildman–Crippen MR) is 98.7 cm³/mol. The molecule has 0 saturated heterocycles. The van der Waals surface area contributed by atoms with E-state index in [1.807, 2.05) is 44.0 Å². The summed E-state index contributed by atoms with van der Waals surface area (Å²) in [6, 6.07) is 15.0. The number of anilines is 1. The highest BCUT2D eigenvalue weighted by molar-refractivity contribution is 5.93. The maximum absolute atomic E-state index is 12.2. The van der Waals surface area contributed by atoms with Gasteiger partial charge in [-0.15, -0.1) is 0 Å². The lowest BCUT2D eigenvalue weighted by Crippen LogP contribution is -2.33. The van der Waals surface area contributed by atoms with Crippen molar-refractivity contribution in [3.8, 4) is 11.8 Å². The third kappa shape index (κ3) is 5.63. The van der Waals surface area contributed by atoms with Crippen molar-refractivity contribution < 1.29 is 9.53 Å². The van der Waals surface area contributed by atoms with Gasteiger partial charge in [0.1, 0.15) is 12.4 Å². The highest BCUT2D eigenvalue weighted by Gasteiger charge is 2.10. The maximum atomic E-state index is 12.2. The van der Waals surface area contributed by atoms with Crippen molar-refractivity contribution >= 4 is 11.6 Å². The van der Waals surface area contributed by atoms with E-state index in [-0.39, 0.29) is 5.91 Å². The number of rotatable bonds is 7. The molecule has 0 aliphatic carbocycles. The number of carbonyl (C=O) groups is 1. The SMILES string of the molecule is Cc1cccc(C)c1NC(=O)CN(C)CCOc1ccc(C#N)cc1. The van der Waals surface area contributed by atoms with Crippen molar-refractivity contribution in [1.29, 1.82) is 5.26 Å². The third-order valence-corrected chi connectivity index (χ3v) is 3.88. The molecule has 2 rings (SSSR count). The number of nitrogens with zero attached hydrogens (tertiary/aromatic N) is 2. The van der Waals surface area contributed by atoms with E-state index in [2.05, 4.69) is 11.4 Å². The Bertz CT molecular complexity index is 743. The Morgan fingerprint density at radius 2 is 1.80 bits per heavy atom. The minimum atomic E-state index is -0.0433. The molecule has 1 N–H and O–H groups in total. The molecular weight excluding hydrogens is 314 g/mol. The molecule has 0 unspecified atom stereocenters. The zero-order valence-electron chi connectivity index (χ0n) is 14.9. The number of ether oxygens (including phenoxy) is 1. The van der Waals surface area contributed by atoms with Gasteiger partial charge in [-0.1, -0.05) is 18.2 Å². The van der Waals surface area contributed by atoms with E-state index in [0.717, 1.165) is 16.8 Å². The van der Waals surface area contributed by atoms with Crippen LogP contribution in [0.2, 0.25) is 0 Å². The smallest absolute Gasteiger partial charge is 0.238 e. The lowest BCUT2D eigenvalue weighted by Gasteiger charge is -2.18. The van der Waals surface area contributed by atoms with Crippen LogP contribution in [0.1, 0.15) is 16.7 Å².